The van der Waals surface area contributed by atoms with Crippen LogP contribution in [0.4, 0.5) is 10.5 Å². The van der Waals surface area contributed by atoms with Gasteiger partial charge in [0.15, 0.2) is 6.61 Å². The van der Waals surface area contributed by atoms with Crippen molar-refractivity contribution in [3.05, 3.63) is 60.2 Å². The zero-order chi connectivity index (χ0) is 22.7. The highest BCUT2D eigenvalue weighted by Gasteiger charge is 2.15. The first-order valence-corrected chi connectivity index (χ1v) is 10.0. The van der Waals surface area contributed by atoms with Gasteiger partial charge >= 0.3 is 6.09 Å². The van der Waals surface area contributed by atoms with Crippen molar-refractivity contribution < 1.29 is 23.9 Å². The molecule has 0 saturated heterocycles. The molecule has 31 heavy (non-hydrogen) atoms. The molecule has 2 rings (SSSR count). The van der Waals surface area contributed by atoms with Crippen LogP contribution in [-0.2, 0) is 20.9 Å². The highest BCUT2D eigenvalue weighted by atomic mass is 16.6. The molecule has 0 aliphatic carbocycles. The molecule has 0 heterocycles. The number of nitrogens with one attached hydrogen (secondary N) is 3. The van der Waals surface area contributed by atoms with E-state index in [9.17, 15) is 14.4 Å². The second kappa shape index (κ2) is 11.6. The van der Waals surface area contributed by atoms with Crippen molar-refractivity contribution in [2.24, 2.45) is 0 Å². The molecule has 8 nitrogen and oxygen atoms in total. The molecule has 0 aliphatic heterocycles. The van der Waals surface area contributed by atoms with Gasteiger partial charge in [-0.3, -0.25) is 9.59 Å². The van der Waals surface area contributed by atoms with Crippen LogP contribution in [0.25, 0.3) is 0 Å². The van der Waals surface area contributed by atoms with E-state index in [4.69, 9.17) is 9.47 Å². The number of ether oxygens (including phenoxy) is 2. The molecule has 0 fully saturated rings. The van der Waals surface area contributed by atoms with Gasteiger partial charge in [0.2, 0.25) is 5.91 Å². The van der Waals surface area contributed by atoms with E-state index in [1.54, 1.807) is 45.0 Å². The molecule has 0 aliphatic rings. The van der Waals surface area contributed by atoms with Crippen molar-refractivity contribution in [1.29, 1.82) is 0 Å². The SMILES string of the molecule is CC(C)(C)OC(=O)NCCC(=O)Nc1ccc(CNC(=O)COc2ccccc2)cc1. The molecule has 0 atom stereocenters. The molecule has 2 aromatic rings. The molecule has 166 valence electrons. The van der Waals surface area contributed by atoms with Crippen molar-refractivity contribution in [2.45, 2.75) is 39.3 Å². The molecule has 0 bridgehead atoms. The second-order valence-electron chi connectivity index (χ2n) is 7.80. The molecule has 0 aromatic heterocycles. The van der Waals surface area contributed by atoms with Gasteiger partial charge < -0.3 is 25.4 Å². The first-order valence-electron chi connectivity index (χ1n) is 10.0. The summed E-state index contributed by atoms with van der Waals surface area (Å²) in [7, 11) is 0. The number of hydrogen-bond donors (Lipinski definition) is 3. The van der Waals surface area contributed by atoms with Gasteiger partial charge in [0.05, 0.1) is 0 Å². The summed E-state index contributed by atoms with van der Waals surface area (Å²) in [5, 5.41) is 8.08. The summed E-state index contributed by atoms with van der Waals surface area (Å²) in [6.45, 7) is 5.78. The third kappa shape index (κ3) is 10.2. The Morgan fingerprint density at radius 1 is 0.871 bits per heavy atom. The maximum atomic E-state index is 12.0. The fraction of sp³-hybridized carbons (Fsp3) is 0.348. The lowest BCUT2D eigenvalue weighted by Crippen LogP contribution is -2.34. The van der Waals surface area contributed by atoms with E-state index in [0.29, 0.717) is 18.0 Å². The van der Waals surface area contributed by atoms with Crippen molar-refractivity contribution in [2.75, 3.05) is 18.5 Å². The Labute approximate surface area is 182 Å². The molecular formula is C23H29N3O5. The summed E-state index contributed by atoms with van der Waals surface area (Å²) in [4.78, 5) is 35.4. The Balaban J connectivity index is 1.66. The van der Waals surface area contributed by atoms with Gasteiger partial charge in [-0.15, -0.1) is 0 Å². The van der Waals surface area contributed by atoms with Crippen LogP contribution in [0, 0.1) is 0 Å². The van der Waals surface area contributed by atoms with Crippen LogP contribution in [-0.4, -0.2) is 36.7 Å². The van der Waals surface area contributed by atoms with Crippen LogP contribution in [0.1, 0.15) is 32.8 Å². The van der Waals surface area contributed by atoms with Gasteiger partial charge in [-0.2, -0.15) is 0 Å². The summed E-state index contributed by atoms with van der Waals surface area (Å²) < 4.78 is 10.5. The molecule has 3 N–H and O–H groups in total. The van der Waals surface area contributed by atoms with Crippen molar-refractivity contribution in [1.82, 2.24) is 10.6 Å². The highest BCUT2D eigenvalue weighted by Crippen LogP contribution is 2.11. The summed E-state index contributed by atoms with van der Waals surface area (Å²) in [6.07, 6.45) is -0.431. The monoisotopic (exact) mass is 427 g/mol. The lowest BCUT2D eigenvalue weighted by atomic mass is 10.2. The molecule has 8 heteroatoms. The van der Waals surface area contributed by atoms with Crippen LogP contribution in [0.2, 0.25) is 0 Å². The van der Waals surface area contributed by atoms with Crippen LogP contribution < -0.4 is 20.7 Å². The smallest absolute Gasteiger partial charge is 0.407 e. The number of amides is 3. The van der Waals surface area contributed by atoms with Gasteiger partial charge in [0, 0.05) is 25.2 Å². The molecule has 2 aromatic carbocycles. The quantitative estimate of drug-likeness (QED) is 0.570. The van der Waals surface area contributed by atoms with Gasteiger partial charge in [-0.05, 0) is 50.6 Å². The lowest BCUT2D eigenvalue weighted by molar-refractivity contribution is -0.123. The first-order chi connectivity index (χ1) is 14.7. The normalized spacial score (nSPS) is 10.7. The summed E-state index contributed by atoms with van der Waals surface area (Å²) >= 11 is 0. The number of carbonyl (C=O) groups excluding carboxylic acids is 3. The van der Waals surface area contributed by atoms with E-state index in [-0.39, 0.29) is 31.4 Å². The second-order valence-corrected chi connectivity index (χ2v) is 7.80. The maximum absolute atomic E-state index is 12.0. The van der Waals surface area contributed by atoms with E-state index < -0.39 is 11.7 Å². The van der Waals surface area contributed by atoms with Crippen LogP contribution >= 0.6 is 0 Å². The average Bonchev–Trinajstić information content (AvgIpc) is 2.71. The van der Waals surface area contributed by atoms with Crippen LogP contribution in [0.5, 0.6) is 5.75 Å². The Bertz CT molecular complexity index is 861. The van der Waals surface area contributed by atoms with Crippen LogP contribution in [0.15, 0.2) is 54.6 Å². The number of hydrogen-bond acceptors (Lipinski definition) is 5. The topological polar surface area (TPSA) is 106 Å². The first kappa shape index (κ1) is 23.7. The Morgan fingerprint density at radius 2 is 1.55 bits per heavy atom. The lowest BCUT2D eigenvalue weighted by Gasteiger charge is -2.19. The average molecular weight is 428 g/mol. The summed E-state index contributed by atoms with van der Waals surface area (Å²) in [5.41, 5.74) is 0.935. The number of rotatable bonds is 9. The van der Waals surface area contributed by atoms with Crippen molar-refractivity contribution >= 4 is 23.6 Å². The molecule has 0 unspecified atom stereocenters. The minimum Gasteiger partial charge on any atom is -0.484 e. The molecular weight excluding hydrogens is 398 g/mol. The zero-order valence-electron chi connectivity index (χ0n) is 18.1. The van der Waals surface area contributed by atoms with Gasteiger partial charge in [0.1, 0.15) is 11.4 Å². The van der Waals surface area contributed by atoms with Crippen molar-refractivity contribution in [3.8, 4) is 5.75 Å². The number of anilines is 1. The highest BCUT2D eigenvalue weighted by molar-refractivity contribution is 5.91. The minimum absolute atomic E-state index is 0.0600. The predicted molar refractivity (Wildman–Crippen MR) is 118 cm³/mol. The van der Waals surface area contributed by atoms with Gasteiger partial charge in [-0.25, -0.2) is 4.79 Å². The Hall–Kier alpha value is -3.55. The van der Waals surface area contributed by atoms with E-state index in [1.165, 1.54) is 0 Å². The number of alkyl carbamates (subject to hydrolysis) is 1. The maximum Gasteiger partial charge on any atom is 0.407 e. The summed E-state index contributed by atoms with van der Waals surface area (Å²) in [5.74, 6) is 0.188. The Kier molecular flexibility index (Phi) is 8.87. The largest absolute Gasteiger partial charge is 0.484 e. The van der Waals surface area contributed by atoms with E-state index in [2.05, 4.69) is 16.0 Å². The Morgan fingerprint density at radius 3 is 2.19 bits per heavy atom. The fourth-order valence-electron chi connectivity index (χ4n) is 2.44. The molecule has 3 amide bonds. The van der Waals surface area contributed by atoms with E-state index >= 15 is 0 Å². The van der Waals surface area contributed by atoms with Crippen molar-refractivity contribution in [3.63, 3.8) is 0 Å². The fourth-order valence-corrected chi connectivity index (χ4v) is 2.44. The zero-order valence-corrected chi connectivity index (χ0v) is 18.1. The predicted octanol–water partition coefficient (Wildman–Crippen LogP) is 3.24. The van der Waals surface area contributed by atoms with Crippen LogP contribution in [0.3, 0.4) is 0 Å². The number of carbonyl (C=O) groups is 3. The molecule has 0 saturated carbocycles. The number of benzene rings is 2. The van der Waals surface area contributed by atoms with E-state index in [1.807, 2.05) is 30.3 Å². The minimum atomic E-state index is -0.581. The third-order valence-electron chi connectivity index (χ3n) is 3.86. The number of para-hydroxylation sites is 1. The van der Waals surface area contributed by atoms with Gasteiger partial charge in [-0.1, -0.05) is 30.3 Å². The third-order valence-corrected chi connectivity index (χ3v) is 3.86. The molecule has 0 spiro atoms. The van der Waals surface area contributed by atoms with E-state index in [0.717, 1.165) is 5.56 Å². The standard InChI is InChI=1S/C23H29N3O5/c1-23(2,3)31-22(29)24-14-13-20(27)26-18-11-9-17(10-12-18)15-25-21(28)16-30-19-7-5-4-6-8-19/h4-12H,13-16H2,1-3H3,(H,24,29)(H,25,28)(H,26,27). The van der Waals surface area contributed by atoms with Gasteiger partial charge in [0.25, 0.3) is 5.91 Å². The molecule has 0 radical (unpaired) electrons. The summed E-state index contributed by atoms with van der Waals surface area (Å²) in [6, 6.07) is 16.3.